The molecule has 3 aromatic rings. The minimum atomic E-state index is -3.65. The van der Waals surface area contributed by atoms with E-state index in [1.165, 1.54) is 41.8 Å². The zero-order valence-electron chi connectivity index (χ0n) is 24.0. The van der Waals surface area contributed by atoms with Crippen LogP contribution in [0.25, 0.3) is 23.0 Å². The molecule has 0 unspecified atom stereocenters. The number of carbonyl (C=O) groups excluding carboxylic acids is 1. The first kappa shape index (κ1) is 31.2. The van der Waals surface area contributed by atoms with Gasteiger partial charge in [0.2, 0.25) is 10.0 Å². The Morgan fingerprint density at radius 2 is 1.66 bits per heavy atom. The largest absolute Gasteiger partial charge is 0.293 e. The summed E-state index contributed by atoms with van der Waals surface area (Å²) in [4.78, 5) is 15.8. The highest BCUT2D eigenvalue weighted by atomic mass is 32.2. The van der Waals surface area contributed by atoms with Gasteiger partial charge in [-0.3, -0.25) is 9.69 Å². The molecule has 218 valence electrons. The lowest BCUT2D eigenvalue weighted by Gasteiger charge is -2.18. The van der Waals surface area contributed by atoms with Crippen molar-refractivity contribution in [3.63, 3.8) is 0 Å². The van der Waals surface area contributed by atoms with Crippen LogP contribution >= 0.6 is 24.0 Å². The number of hydrogen-bond donors (Lipinski definition) is 0. The number of thiocarbonyl (C=S) groups is 1. The third-order valence-corrected chi connectivity index (χ3v) is 10.5. The van der Waals surface area contributed by atoms with E-state index in [1.807, 2.05) is 62.5 Å². The predicted octanol–water partition coefficient (Wildman–Crippen LogP) is 7.13. The lowest BCUT2D eigenvalue weighted by atomic mass is 10.1. The maximum atomic E-state index is 13.4. The van der Waals surface area contributed by atoms with Gasteiger partial charge in [0.15, 0.2) is 0 Å². The molecule has 0 atom stereocenters. The van der Waals surface area contributed by atoms with Gasteiger partial charge in [-0.15, -0.1) is 0 Å². The van der Waals surface area contributed by atoms with E-state index in [2.05, 4.69) is 6.92 Å². The molecule has 0 saturated carbocycles. The minimum Gasteiger partial charge on any atom is -0.293 e. The molecule has 7 nitrogen and oxygen atoms in total. The highest BCUT2D eigenvalue weighted by molar-refractivity contribution is 8.26. The number of thioether (sulfide) groups is 1. The summed E-state index contributed by atoms with van der Waals surface area (Å²) >= 11 is 6.88. The molecule has 1 aliphatic heterocycles. The lowest BCUT2D eigenvalue weighted by molar-refractivity contribution is -0.122. The molecule has 10 heteroatoms. The van der Waals surface area contributed by atoms with Crippen LogP contribution in [0.5, 0.6) is 0 Å². The van der Waals surface area contributed by atoms with Gasteiger partial charge in [-0.05, 0) is 36.8 Å². The zero-order chi connectivity index (χ0) is 29.4. The summed E-state index contributed by atoms with van der Waals surface area (Å²) in [7, 11) is -3.65. The Morgan fingerprint density at radius 1 is 0.951 bits per heavy atom. The molecule has 0 bridgehead atoms. The standard InChI is InChI=1S/C31H38N4O3S3/c1-4-7-8-9-10-14-20-34-30(36)28(40-31(34)39)22-25-23-35(26-17-12-11-13-18-26)32-29(25)24-16-15-19-27(21-24)41(37,38)33(5-2)6-3/h11-13,15-19,21-23H,4-10,14,20H2,1-3H3/b28-22-. The van der Waals surface area contributed by atoms with Gasteiger partial charge in [0.05, 0.1) is 15.5 Å². The van der Waals surface area contributed by atoms with Gasteiger partial charge in [-0.25, -0.2) is 13.1 Å². The number of para-hydroxylation sites is 1. The van der Waals surface area contributed by atoms with Crippen LogP contribution in [0, 0.1) is 0 Å². The number of benzene rings is 2. The van der Waals surface area contributed by atoms with Crippen LogP contribution in [0.4, 0.5) is 0 Å². The van der Waals surface area contributed by atoms with Crippen molar-refractivity contribution >= 4 is 50.3 Å². The fourth-order valence-electron chi connectivity index (χ4n) is 4.83. The summed E-state index contributed by atoms with van der Waals surface area (Å²) in [5.41, 5.74) is 2.82. The van der Waals surface area contributed by atoms with Gasteiger partial charge in [0, 0.05) is 37.0 Å². The Kier molecular flexibility index (Phi) is 10.9. The number of carbonyl (C=O) groups is 1. The smallest absolute Gasteiger partial charge is 0.266 e. The average Bonchev–Trinajstić information content (AvgIpc) is 3.52. The van der Waals surface area contributed by atoms with Crippen LogP contribution < -0.4 is 0 Å². The molecule has 1 saturated heterocycles. The fraction of sp³-hybridized carbons (Fsp3) is 0.387. The van der Waals surface area contributed by atoms with Gasteiger partial charge in [-0.2, -0.15) is 9.40 Å². The number of sulfonamides is 1. The Bertz CT molecular complexity index is 1500. The summed E-state index contributed by atoms with van der Waals surface area (Å²) < 4.78 is 30.3. The average molecular weight is 611 g/mol. The molecule has 41 heavy (non-hydrogen) atoms. The van der Waals surface area contributed by atoms with Crippen molar-refractivity contribution in [2.45, 2.75) is 64.2 Å². The summed E-state index contributed by atoms with van der Waals surface area (Å²) in [5.74, 6) is -0.0927. The molecule has 0 radical (unpaired) electrons. The van der Waals surface area contributed by atoms with Crippen molar-refractivity contribution in [3.05, 3.63) is 71.3 Å². The highest BCUT2D eigenvalue weighted by Gasteiger charge is 2.32. The highest BCUT2D eigenvalue weighted by Crippen LogP contribution is 2.35. The normalized spacial score (nSPS) is 15.0. The monoisotopic (exact) mass is 610 g/mol. The third-order valence-electron chi connectivity index (χ3n) is 7.11. The van der Waals surface area contributed by atoms with E-state index in [0.29, 0.717) is 45.7 Å². The molecule has 1 fully saturated rings. The van der Waals surface area contributed by atoms with Crippen LogP contribution in [0.2, 0.25) is 0 Å². The quantitative estimate of drug-likeness (QED) is 0.110. The fourth-order valence-corrected chi connectivity index (χ4v) is 7.63. The van der Waals surface area contributed by atoms with E-state index in [4.69, 9.17) is 17.3 Å². The van der Waals surface area contributed by atoms with Crippen LogP contribution in [0.3, 0.4) is 0 Å². The zero-order valence-corrected chi connectivity index (χ0v) is 26.4. The second kappa shape index (κ2) is 14.4. The first-order valence-electron chi connectivity index (χ1n) is 14.3. The summed E-state index contributed by atoms with van der Waals surface area (Å²) in [6.45, 7) is 7.25. The molecule has 0 aliphatic carbocycles. The Hall–Kier alpha value is -2.79. The number of unbranched alkanes of at least 4 members (excludes halogenated alkanes) is 5. The maximum absolute atomic E-state index is 13.4. The van der Waals surface area contributed by atoms with Crippen LogP contribution in [0.15, 0.2) is 70.6 Å². The second-order valence-electron chi connectivity index (χ2n) is 9.93. The van der Waals surface area contributed by atoms with E-state index in [1.54, 1.807) is 27.8 Å². The van der Waals surface area contributed by atoms with Crippen LogP contribution in [-0.2, 0) is 14.8 Å². The first-order valence-corrected chi connectivity index (χ1v) is 17.0. The van der Waals surface area contributed by atoms with Crippen molar-refractivity contribution in [2.24, 2.45) is 0 Å². The van der Waals surface area contributed by atoms with Crippen molar-refractivity contribution < 1.29 is 13.2 Å². The molecule has 1 aromatic heterocycles. The number of nitrogens with zero attached hydrogens (tertiary/aromatic N) is 4. The Labute approximate surface area is 253 Å². The van der Waals surface area contributed by atoms with E-state index >= 15 is 0 Å². The van der Waals surface area contributed by atoms with Crippen molar-refractivity contribution in [3.8, 4) is 16.9 Å². The third kappa shape index (κ3) is 7.35. The molecular weight excluding hydrogens is 573 g/mol. The number of rotatable bonds is 14. The maximum Gasteiger partial charge on any atom is 0.266 e. The number of amides is 1. The summed E-state index contributed by atoms with van der Waals surface area (Å²) in [5, 5.41) is 4.85. The van der Waals surface area contributed by atoms with Crippen LogP contribution in [0.1, 0.15) is 64.9 Å². The van der Waals surface area contributed by atoms with E-state index in [9.17, 15) is 13.2 Å². The molecule has 0 spiro atoms. The first-order chi connectivity index (χ1) is 19.8. The van der Waals surface area contributed by atoms with Crippen molar-refractivity contribution in [1.29, 1.82) is 0 Å². The van der Waals surface area contributed by atoms with Crippen molar-refractivity contribution in [2.75, 3.05) is 19.6 Å². The van der Waals surface area contributed by atoms with Gasteiger partial charge < -0.3 is 0 Å². The number of aromatic nitrogens is 2. The molecule has 2 aromatic carbocycles. The van der Waals surface area contributed by atoms with Gasteiger partial charge in [0.25, 0.3) is 5.91 Å². The lowest BCUT2D eigenvalue weighted by Crippen LogP contribution is -2.30. The topological polar surface area (TPSA) is 75.5 Å². The van der Waals surface area contributed by atoms with Crippen LogP contribution in [-0.4, -0.2) is 57.3 Å². The number of hydrogen-bond acceptors (Lipinski definition) is 6. The Morgan fingerprint density at radius 3 is 2.37 bits per heavy atom. The van der Waals surface area contributed by atoms with Gasteiger partial charge >= 0.3 is 0 Å². The molecule has 1 amide bonds. The minimum absolute atomic E-state index is 0.0927. The molecule has 4 rings (SSSR count). The van der Waals surface area contributed by atoms with Crippen molar-refractivity contribution in [1.82, 2.24) is 19.0 Å². The summed E-state index contributed by atoms with van der Waals surface area (Å²) in [6.07, 6.45) is 10.5. The van der Waals surface area contributed by atoms with E-state index in [-0.39, 0.29) is 10.8 Å². The molecule has 1 aliphatic rings. The molecule has 0 N–H and O–H groups in total. The van der Waals surface area contributed by atoms with E-state index < -0.39 is 10.0 Å². The predicted molar refractivity (Wildman–Crippen MR) is 172 cm³/mol. The van der Waals surface area contributed by atoms with Gasteiger partial charge in [-0.1, -0.05) is 107 Å². The van der Waals surface area contributed by atoms with E-state index in [0.717, 1.165) is 18.5 Å². The molecule has 2 heterocycles. The summed E-state index contributed by atoms with van der Waals surface area (Å²) in [6, 6.07) is 16.5. The molecular formula is C31H38N4O3S3. The SMILES string of the molecule is CCCCCCCCN1C(=O)/C(=C/c2cn(-c3ccccc3)nc2-c2cccc(S(=O)(=O)N(CC)CC)c2)SC1=S. The van der Waals surface area contributed by atoms with Gasteiger partial charge in [0.1, 0.15) is 10.0 Å². The Balaban J connectivity index is 1.67. The second-order valence-corrected chi connectivity index (χ2v) is 13.5.